The number of nitrogens with zero attached hydrogens (tertiary/aromatic N) is 2. The van der Waals surface area contributed by atoms with Crippen molar-refractivity contribution in [1.29, 1.82) is 5.41 Å². The Morgan fingerprint density at radius 2 is 1.85 bits per heavy atom. The highest BCUT2D eigenvalue weighted by molar-refractivity contribution is 6.01. The summed E-state index contributed by atoms with van der Waals surface area (Å²) in [6.45, 7) is 8.74. The maximum Gasteiger partial charge on any atom is 0.310 e. The average molecular weight is 531 g/mol. The van der Waals surface area contributed by atoms with Gasteiger partial charge in [-0.2, -0.15) is 5.10 Å². The van der Waals surface area contributed by atoms with Gasteiger partial charge in [-0.15, -0.1) is 0 Å². The number of para-hydroxylation sites is 2. The summed E-state index contributed by atoms with van der Waals surface area (Å²) in [5.74, 6) is 0.664. The maximum atomic E-state index is 12.1. The molecule has 0 atom stereocenters. The van der Waals surface area contributed by atoms with E-state index in [9.17, 15) is 10.0 Å². The van der Waals surface area contributed by atoms with Crippen LogP contribution in [0.2, 0.25) is 0 Å². The van der Waals surface area contributed by atoms with E-state index >= 15 is 0 Å². The molecule has 9 nitrogen and oxygen atoms in total. The first kappa shape index (κ1) is 27.7. The van der Waals surface area contributed by atoms with Gasteiger partial charge in [-0.05, 0) is 57.5 Å². The number of rotatable bonds is 11. The van der Waals surface area contributed by atoms with Crippen molar-refractivity contribution in [3.05, 3.63) is 77.5 Å². The predicted octanol–water partition coefficient (Wildman–Crippen LogP) is 5.67. The number of hydrogen-bond donors (Lipinski definition) is 3. The summed E-state index contributed by atoms with van der Waals surface area (Å²) >= 11 is 0. The molecule has 0 aliphatic rings. The fraction of sp³-hybridized carbons (Fsp3) is 0.300. The molecule has 1 aromatic heterocycles. The third-order valence-corrected chi connectivity index (χ3v) is 6.24. The number of benzene rings is 3. The van der Waals surface area contributed by atoms with E-state index in [4.69, 9.17) is 24.7 Å². The van der Waals surface area contributed by atoms with Gasteiger partial charge in [0.15, 0.2) is 5.84 Å². The Hall–Kier alpha value is -4.37. The predicted molar refractivity (Wildman–Crippen MR) is 150 cm³/mol. The van der Waals surface area contributed by atoms with Gasteiger partial charge >= 0.3 is 5.97 Å². The highest BCUT2D eigenvalue weighted by Crippen LogP contribution is 2.36. The smallest absolute Gasteiger partial charge is 0.310 e. The van der Waals surface area contributed by atoms with Crippen LogP contribution in [0.3, 0.4) is 0 Å². The monoisotopic (exact) mass is 530 g/mol. The van der Waals surface area contributed by atoms with E-state index < -0.39 is 0 Å². The highest BCUT2D eigenvalue weighted by Gasteiger charge is 2.19. The first-order chi connectivity index (χ1) is 18.9. The molecule has 0 saturated heterocycles. The molecule has 204 valence electrons. The Labute approximate surface area is 227 Å². The van der Waals surface area contributed by atoms with Crippen LogP contribution in [0.4, 0.5) is 0 Å². The summed E-state index contributed by atoms with van der Waals surface area (Å²) < 4.78 is 19.2. The van der Waals surface area contributed by atoms with E-state index in [2.05, 4.69) is 13.8 Å². The largest absolute Gasteiger partial charge is 0.492 e. The first-order valence-electron chi connectivity index (χ1n) is 13.0. The Morgan fingerprint density at radius 3 is 2.56 bits per heavy atom. The van der Waals surface area contributed by atoms with Crippen molar-refractivity contribution in [3.8, 4) is 22.6 Å². The molecule has 0 saturated carbocycles. The topological polar surface area (TPSA) is 119 Å². The molecule has 9 heteroatoms. The van der Waals surface area contributed by atoms with E-state index in [0.717, 1.165) is 33.3 Å². The van der Waals surface area contributed by atoms with Gasteiger partial charge in [-0.3, -0.25) is 25.6 Å². The van der Waals surface area contributed by atoms with Crippen molar-refractivity contribution < 1.29 is 24.2 Å². The molecule has 1 heterocycles. The summed E-state index contributed by atoms with van der Waals surface area (Å²) in [5.41, 5.74) is 6.51. The van der Waals surface area contributed by atoms with Crippen LogP contribution in [0, 0.1) is 5.41 Å². The van der Waals surface area contributed by atoms with Crippen LogP contribution in [0.15, 0.2) is 60.7 Å². The standard InChI is InChI=1S/C30H34N4O5/c1-5-37-28(35)17-21-10-7-8-13-27(21)39-18-25-24-16-20(14-15-26(24)34(32-25)19(3)4)22-11-9-12-23(30(31)33-36)29(22)38-6-2/h7-16,19,36H,5-6,17-18H2,1-4H3,(H2,31,33). The molecule has 0 radical (unpaired) electrons. The van der Waals surface area contributed by atoms with Crippen molar-refractivity contribution in [2.75, 3.05) is 13.2 Å². The quantitative estimate of drug-likeness (QED) is 0.0989. The van der Waals surface area contributed by atoms with Crippen molar-refractivity contribution in [1.82, 2.24) is 15.3 Å². The summed E-state index contributed by atoms with van der Waals surface area (Å²) in [6, 6.07) is 19.1. The third-order valence-electron chi connectivity index (χ3n) is 6.24. The molecular weight excluding hydrogens is 496 g/mol. The Balaban J connectivity index is 1.74. The number of hydrogen-bond acceptors (Lipinski definition) is 7. The van der Waals surface area contributed by atoms with E-state index in [1.807, 2.05) is 71.7 Å². The minimum atomic E-state index is -0.301. The maximum absolute atomic E-state index is 12.1. The molecule has 0 bridgehead atoms. The molecule has 0 unspecified atom stereocenters. The van der Waals surface area contributed by atoms with Crippen LogP contribution in [-0.2, 0) is 22.6 Å². The zero-order valence-electron chi connectivity index (χ0n) is 22.7. The van der Waals surface area contributed by atoms with Crippen LogP contribution in [-0.4, -0.2) is 40.0 Å². The van der Waals surface area contributed by atoms with Gasteiger partial charge in [0.05, 0.1) is 30.7 Å². The SMILES string of the molecule is CCOC(=O)Cc1ccccc1OCc1nn(C(C)C)c2ccc(-c3cccc(C(=N)NO)c3OCC)cc12. The highest BCUT2D eigenvalue weighted by atomic mass is 16.5. The molecule has 0 aliphatic heterocycles. The van der Waals surface area contributed by atoms with E-state index in [0.29, 0.717) is 30.3 Å². The van der Waals surface area contributed by atoms with Gasteiger partial charge in [-0.1, -0.05) is 36.4 Å². The van der Waals surface area contributed by atoms with E-state index in [1.54, 1.807) is 13.0 Å². The van der Waals surface area contributed by atoms with Gasteiger partial charge in [0, 0.05) is 22.6 Å². The van der Waals surface area contributed by atoms with Gasteiger partial charge in [0.2, 0.25) is 0 Å². The zero-order valence-corrected chi connectivity index (χ0v) is 22.7. The van der Waals surface area contributed by atoms with Crippen LogP contribution in [0.25, 0.3) is 22.0 Å². The Morgan fingerprint density at radius 1 is 1.05 bits per heavy atom. The summed E-state index contributed by atoms with van der Waals surface area (Å²) in [4.78, 5) is 12.1. The number of carbonyl (C=O) groups is 1. The fourth-order valence-electron chi connectivity index (χ4n) is 4.50. The van der Waals surface area contributed by atoms with Gasteiger partial charge in [0.1, 0.15) is 23.8 Å². The minimum absolute atomic E-state index is 0.126. The second kappa shape index (κ2) is 12.4. The molecular formula is C30H34N4O5. The van der Waals surface area contributed by atoms with Crippen LogP contribution in [0.1, 0.15) is 50.6 Å². The van der Waals surface area contributed by atoms with Crippen LogP contribution >= 0.6 is 0 Å². The van der Waals surface area contributed by atoms with E-state index in [-0.39, 0.29) is 30.9 Å². The number of esters is 1. The van der Waals surface area contributed by atoms with Crippen LogP contribution < -0.4 is 15.0 Å². The van der Waals surface area contributed by atoms with Crippen molar-refractivity contribution in [2.24, 2.45) is 0 Å². The number of aromatic nitrogens is 2. The second-order valence-electron chi connectivity index (χ2n) is 9.20. The summed E-state index contributed by atoms with van der Waals surface area (Å²) in [6.07, 6.45) is 0.129. The lowest BCUT2D eigenvalue weighted by atomic mass is 9.99. The van der Waals surface area contributed by atoms with Crippen molar-refractivity contribution in [3.63, 3.8) is 0 Å². The lowest BCUT2D eigenvalue weighted by Gasteiger charge is -2.16. The molecule has 4 rings (SSSR count). The number of ether oxygens (including phenoxy) is 3. The van der Waals surface area contributed by atoms with Crippen LogP contribution in [0.5, 0.6) is 11.5 Å². The minimum Gasteiger partial charge on any atom is -0.492 e. The lowest BCUT2D eigenvalue weighted by molar-refractivity contribution is -0.142. The third kappa shape index (κ3) is 6.04. The zero-order chi connectivity index (χ0) is 27.9. The molecule has 39 heavy (non-hydrogen) atoms. The fourth-order valence-corrected chi connectivity index (χ4v) is 4.50. The number of carbonyl (C=O) groups excluding carboxylic acids is 1. The van der Waals surface area contributed by atoms with E-state index in [1.165, 1.54) is 0 Å². The average Bonchev–Trinajstić information content (AvgIpc) is 3.30. The molecule has 3 N–H and O–H groups in total. The van der Waals surface area contributed by atoms with Crippen molar-refractivity contribution in [2.45, 2.75) is 46.8 Å². The number of hydroxylamine groups is 1. The normalized spacial score (nSPS) is 11.0. The summed E-state index contributed by atoms with van der Waals surface area (Å²) in [5, 5.41) is 23.2. The second-order valence-corrected chi connectivity index (χ2v) is 9.20. The van der Waals surface area contributed by atoms with Gasteiger partial charge in [-0.25, -0.2) is 0 Å². The van der Waals surface area contributed by atoms with Gasteiger partial charge in [0.25, 0.3) is 0 Å². The molecule has 0 aliphatic carbocycles. The number of nitrogens with one attached hydrogen (secondary N) is 2. The lowest BCUT2D eigenvalue weighted by Crippen LogP contribution is -2.20. The molecule has 0 amide bonds. The molecule has 0 fully saturated rings. The Kier molecular flexibility index (Phi) is 8.83. The Bertz CT molecular complexity index is 1480. The molecule has 0 spiro atoms. The van der Waals surface area contributed by atoms with Crippen molar-refractivity contribution >= 4 is 22.7 Å². The molecule has 3 aromatic carbocycles. The van der Waals surface area contributed by atoms with Gasteiger partial charge < -0.3 is 14.2 Å². The molecule has 4 aromatic rings. The number of amidine groups is 1. The first-order valence-corrected chi connectivity index (χ1v) is 13.0. The summed E-state index contributed by atoms with van der Waals surface area (Å²) in [7, 11) is 0. The number of fused-ring (bicyclic) bond motifs is 1.